The zero-order chi connectivity index (χ0) is 20.8. The van der Waals surface area contributed by atoms with Gasteiger partial charge in [0.15, 0.2) is 0 Å². The van der Waals surface area contributed by atoms with Crippen molar-refractivity contribution in [1.29, 1.82) is 0 Å². The molecule has 27 heavy (non-hydrogen) atoms. The number of carbonyl (C=O) groups excluding carboxylic acids is 2. The van der Waals surface area contributed by atoms with E-state index in [1.54, 1.807) is 19.1 Å². The lowest BCUT2D eigenvalue weighted by molar-refractivity contribution is -0.141. The average molecular weight is 370 g/mol. The van der Waals surface area contributed by atoms with Gasteiger partial charge in [0.25, 0.3) is 0 Å². The van der Waals surface area contributed by atoms with Crippen LogP contribution in [0, 0.1) is 5.92 Å². The van der Waals surface area contributed by atoms with Crippen LogP contribution in [0.15, 0.2) is 67.8 Å². The van der Waals surface area contributed by atoms with Crippen LogP contribution in [0.5, 0.6) is 5.75 Å². The highest BCUT2D eigenvalue weighted by Gasteiger charge is 2.12. The molecule has 0 bridgehead atoms. The van der Waals surface area contributed by atoms with Crippen molar-refractivity contribution in [3.63, 3.8) is 0 Å². The van der Waals surface area contributed by atoms with Gasteiger partial charge in [0.05, 0.1) is 6.61 Å². The van der Waals surface area contributed by atoms with Crippen LogP contribution in [-0.2, 0) is 14.3 Å². The van der Waals surface area contributed by atoms with Crippen LogP contribution in [0.4, 0.5) is 0 Å². The maximum Gasteiger partial charge on any atom is 0.338 e. The van der Waals surface area contributed by atoms with E-state index in [1.165, 1.54) is 6.92 Å². The van der Waals surface area contributed by atoms with E-state index in [0.717, 1.165) is 17.6 Å². The number of carbonyl (C=O) groups is 2. The van der Waals surface area contributed by atoms with Gasteiger partial charge < -0.3 is 9.47 Å². The third kappa shape index (κ3) is 8.86. The van der Waals surface area contributed by atoms with Crippen molar-refractivity contribution in [2.45, 2.75) is 34.1 Å². The van der Waals surface area contributed by atoms with E-state index in [-0.39, 0.29) is 11.9 Å². The maximum absolute atomic E-state index is 11.5. The molecule has 2 rings (SSSR count). The Labute approximate surface area is 162 Å². The van der Waals surface area contributed by atoms with Crippen LogP contribution >= 0.6 is 0 Å². The summed E-state index contributed by atoms with van der Waals surface area (Å²) >= 11 is 0. The van der Waals surface area contributed by atoms with Crippen molar-refractivity contribution >= 4 is 17.5 Å². The van der Waals surface area contributed by atoms with Crippen molar-refractivity contribution in [3.05, 3.63) is 73.4 Å². The number of benzene rings is 1. The van der Waals surface area contributed by atoms with E-state index in [0.29, 0.717) is 17.9 Å². The molecule has 0 heterocycles. The van der Waals surface area contributed by atoms with Gasteiger partial charge in [-0.1, -0.05) is 50.8 Å². The minimum Gasteiger partial charge on any atom is -0.465 e. The summed E-state index contributed by atoms with van der Waals surface area (Å²) in [5, 5.41) is 0. The van der Waals surface area contributed by atoms with Gasteiger partial charge in [0, 0.05) is 18.4 Å². The maximum atomic E-state index is 11.5. The van der Waals surface area contributed by atoms with Gasteiger partial charge in [0.1, 0.15) is 5.75 Å². The van der Waals surface area contributed by atoms with E-state index < -0.39 is 5.97 Å². The van der Waals surface area contributed by atoms with Gasteiger partial charge >= 0.3 is 11.9 Å². The SMILES string of the molecule is C=C.C=C(C)C(=O)Oc1ccc(C2=CC(COC(C)=O)CC=C2)cc1.CC. The zero-order valence-electron chi connectivity index (χ0n) is 16.8. The molecule has 0 saturated heterocycles. The minimum absolute atomic E-state index is 0.180. The Balaban J connectivity index is 0.00000158. The summed E-state index contributed by atoms with van der Waals surface area (Å²) in [5.74, 6) is -0.0346. The Morgan fingerprint density at radius 1 is 1.11 bits per heavy atom. The second-order valence-electron chi connectivity index (χ2n) is 5.52. The molecular weight excluding hydrogens is 340 g/mol. The van der Waals surface area contributed by atoms with Crippen molar-refractivity contribution in [2.75, 3.05) is 6.61 Å². The molecule has 0 spiro atoms. The first-order valence-corrected chi connectivity index (χ1v) is 8.95. The number of rotatable bonds is 5. The second kappa shape index (κ2) is 13.3. The largest absolute Gasteiger partial charge is 0.465 e. The first kappa shape index (κ1) is 24.1. The molecular formula is C23H30O4. The summed E-state index contributed by atoms with van der Waals surface area (Å²) in [6.45, 7) is 17.0. The van der Waals surface area contributed by atoms with Gasteiger partial charge in [0.2, 0.25) is 0 Å². The summed E-state index contributed by atoms with van der Waals surface area (Å²) in [7, 11) is 0. The first-order chi connectivity index (χ1) is 13.0. The molecule has 4 heteroatoms. The molecule has 1 aromatic rings. The molecule has 0 amide bonds. The molecule has 0 N–H and O–H groups in total. The van der Waals surface area contributed by atoms with Crippen molar-refractivity contribution in [3.8, 4) is 5.75 Å². The van der Waals surface area contributed by atoms with Crippen molar-refractivity contribution in [1.82, 2.24) is 0 Å². The third-order valence-corrected chi connectivity index (χ3v) is 3.40. The highest BCUT2D eigenvalue weighted by atomic mass is 16.5. The molecule has 146 valence electrons. The summed E-state index contributed by atoms with van der Waals surface area (Å²) in [4.78, 5) is 22.4. The molecule has 1 aromatic carbocycles. The molecule has 1 aliphatic rings. The molecule has 1 atom stereocenters. The van der Waals surface area contributed by atoms with E-state index in [9.17, 15) is 9.59 Å². The van der Waals surface area contributed by atoms with Crippen LogP contribution in [0.25, 0.3) is 5.57 Å². The van der Waals surface area contributed by atoms with E-state index in [4.69, 9.17) is 9.47 Å². The smallest absolute Gasteiger partial charge is 0.338 e. The number of hydrogen-bond acceptors (Lipinski definition) is 4. The molecule has 1 aliphatic carbocycles. The highest BCUT2D eigenvalue weighted by molar-refractivity contribution is 5.88. The number of ether oxygens (including phenoxy) is 2. The van der Waals surface area contributed by atoms with Crippen LogP contribution in [0.1, 0.15) is 39.7 Å². The van der Waals surface area contributed by atoms with E-state index >= 15 is 0 Å². The van der Waals surface area contributed by atoms with Gasteiger partial charge in [-0.15, -0.1) is 13.2 Å². The highest BCUT2D eigenvalue weighted by Crippen LogP contribution is 2.26. The van der Waals surface area contributed by atoms with Crippen molar-refractivity contribution < 1.29 is 19.1 Å². The Kier molecular flexibility index (Phi) is 11.9. The summed E-state index contributed by atoms with van der Waals surface area (Å²) < 4.78 is 10.2. The average Bonchev–Trinajstić information content (AvgIpc) is 2.70. The standard InChI is InChI=1S/C19H20O4.C2H6.C2H4/c1-13(2)19(21)23-18-9-7-16(8-10-18)17-6-4-5-15(11-17)12-22-14(3)20;2*1-2/h4,6-11,15H,1,5,12H2,2-3H3;1-2H3;1-2H2. The van der Waals surface area contributed by atoms with Gasteiger partial charge in [-0.3, -0.25) is 4.79 Å². The Morgan fingerprint density at radius 3 is 2.22 bits per heavy atom. The fourth-order valence-electron chi connectivity index (χ4n) is 2.19. The number of esters is 2. The summed E-state index contributed by atoms with van der Waals surface area (Å²) in [6.07, 6.45) is 7.06. The third-order valence-electron chi connectivity index (χ3n) is 3.40. The van der Waals surface area contributed by atoms with Gasteiger partial charge in [-0.05, 0) is 36.6 Å². The zero-order valence-corrected chi connectivity index (χ0v) is 16.8. The Bertz CT molecular complexity index is 681. The lowest BCUT2D eigenvalue weighted by Crippen LogP contribution is -2.11. The van der Waals surface area contributed by atoms with Crippen LogP contribution in [0.2, 0.25) is 0 Å². The van der Waals surface area contributed by atoms with Gasteiger partial charge in [-0.2, -0.15) is 0 Å². The van der Waals surface area contributed by atoms with Crippen LogP contribution in [0.3, 0.4) is 0 Å². The van der Waals surface area contributed by atoms with Crippen LogP contribution < -0.4 is 4.74 Å². The predicted molar refractivity (Wildman–Crippen MR) is 111 cm³/mol. The predicted octanol–water partition coefficient (Wildman–Crippen LogP) is 5.52. The lowest BCUT2D eigenvalue weighted by atomic mass is 9.93. The molecule has 0 saturated carbocycles. The van der Waals surface area contributed by atoms with Gasteiger partial charge in [-0.25, -0.2) is 4.79 Å². The summed E-state index contributed by atoms with van der Waals surface area (Å²) in [5.41, 5.74) is 2.44. The van der Waals surface area contributed by atoms with Crippen molar-refractivity contribution in [2.24, 2.45) is 5.92 Å². The molecule has 0 aromatic heterocycles. The van der Waals surface area contributed by atoms with E-state index in [2.05, 4.69) is 31.9 Å². The fourth-order valence-corrected chi connectivity index (χ4v) is 2.19. The Morgan fingerprint density at radius 2 is 1.70 bits per heavy atom. The Hall–Kier alpha value is -2.88. The monoisotopic (exact) mass is 370 g/mol. The minimum atomic E-state index is -0.434. The van der Waals surface area contributed by atoms with Crippen LogP contribution in [-0.4, -0.2) is 18.5 Å². The number of allylic oxidation sites excluding steroid dienone is 3. The molecule has 0 radical (unpaired) electrons. The number of hydrogen-bond donors (Lipinski definition) is 0. The summed E-state index contributed by atoms with van der Waals surface area (Å²) in [6, 6.07) is 7.29. The van der Waals surface area contributed by atoms with E-state index in [1.807, 2.05) is 32.1 Å². The topological polar surface area (TPSA) is 52.6 Å². The first-order valence-electron chi connectivity index (χ1n) is 8.95. The second-order valence-corrected chi connectivity index (χ2v) is 5.52. The molecule has 0 fully saturated rings. The quantitative estimate of drug-likeness (QED) is 0.296. The lowest BCUT2D eigenvalue weighted by Gasteiger charge is -2.16. The fraction of sp³-hybridized carbons (Fsp3) is 0.304. The molecule has 1 unspecified atom stereocenters. The molecule has 0 aliphatic heterocycles. The normalized spacial score (nSPS) is 14.4. The molecule has 4 nitrogen and oxygen atoms in total.